The third kappa shape index (κ3) is 4.17. The van der Waals surface area contributed by atoms with Crippen molar-refractivity contribution in [3.8, 4) is 33.4 Å². The Balaban J connectivity index is 1.37. The molecule has 0 fully saturated rings. The molecule has 0 bridgehead atoms. The molecule has 0 unspecified atom stereocenters. The first-order valence-electron chi connectivity index (χ1n) is 11.3. The van der Waals surface area contributed by atoms with Crippen molar-refractivity contribution in [1.82, 2.24) is 0 Å². The first kappa shape index (κ1) is 20.5. The van der Waals surface area contributed by atoms with Crippen LogP contribution in [0.2, 0.25) is 19.6 Å². The predicted octanol–water partition coefficient (Wildman–Crippen LogP) is 8.39. The van der Waals surface area contributed by atoms with Crippen molar-refractivity contribution in [3.63, 3.8) is 0 Å². The van der Waals surface area contributed by atoms with Gasteiger partial charge in [0.05, 0.1) is 8.07 Å². The highest BCUT2D eigenvalue weighted by Crippen LogP contribution is 2.29. The lowest BCUT2D eigenvalue weighted by Crippen LogP contribution is -2.37. The second kappa shape index (κ2) is 8.25. The molecule has 1 heteroatoms. The molecule has 32 heavy (non-hydrogen) atoms. The zero-order valence-corrected chi connectivity index (χ0v) is 20.0. The molecule has 0 radical (unpaired) electrons. The van der Waals surface area contributed by atoms with Crippen LogP contribution in [0.4, 0.5) is 0 Å². The number of hydrogen-bond acceptors (Lipinski definition) is 0. The van der Waals surface area contributed by atoms with E-state index in [1.54, 1.807) is 0 Å². The summed E-state index contributed by atoms with van der Waals surface area (Å²) in [6.45, 7) is 7.17. The minimum Gasteiger partial charge on any atom is -0.0656 e. The van der Waals surface area contributed by atoms with E-state index in [0.29, 0.717) is 0 Å². The molecule has 5 aromatic carbocycles. The lowest BCUT2D eigenvalue weighted by atomic mass is 9.97. The molecule has 0 aromatic heterocycles. The van der Waals surface area contributed by atoms with Crippen molar-refractivity contribution in [2.45, 2.75) is 19.6 Å². The largest absolute Gasteiger partial charge is 0.0775 e. The quantitative estimate of drug-likeness (QED) is 0.252. The molecule has 0 saturated heterocycles. The van der Waals surface area contributed by atoms with E-state index in [2.05, 4.69) is 135 Å². The smallest absolute Gasteiger partial charge is 0.0656 e. The minimum atomic E-state index is -1.25. The van der Waals surface area contributed by atoms with Gasteiger partial charge in [-0.3, -0.25) is 0 Å². The fraction of sp³-hybridized carbons (Fsp3) is 0.0968. The Bertz CT molecular complexity index is 1350. The van der Waals surface area contributed by atoms with Crippen molar-refractivity contribution in [2.24, 2.45) is 0 Å². The van der Waals surface area contributed by atoms with Gasteiger partial charge in [-0.15, -0.1) is 0 Å². The van der Waals surface area contributed by atoms with Crippen LogP contribution < -0.4 is 5.19 Å². The Morgan fingerprint density at radius 2 is 0.750 bits per heavy atom. The van der Waals surface area contributed by atoms with Gasteiger partial charge in [-0.2, -0.15) is 0 Å². The van der Waals surface area contributed by atoms with Gasteiger partial charge < -0.3 is 0 Å². The van der Waals surface area contributed by atoms with Gasteiger partial charge in [-0.25, -0.2) is 0 Å². The van der Waals surface area contributed by atoms with E-state index in [9.17, 15) is 0 Å². The standard InChI is InChI=1S/C31H28Si/c1-32(2,3)31-20-18-27(19-21-31)26-10-8-24(9-11-26)25-12-14-28(15-13-25)30-17-16-23-6-4-5-7-29(23)22-30/h4-22H,1-3H3. The van der Waals surface area contributed by atoms with Crippen molar-refractivity contribution < 1.29 is 0 Å². The van der Waals surface area contributed by atoms with E-state index >= 15 is 0 Å². The van der Waals surface area contributed by atoms with Crippen LogP contribution in [0.3, 0.4) is 0 Å². The number of fused-ring (bicyclic) bond motifs is 1. The van der Waals surface area contributed by atoms with Gasteiger partial charge in [0.15, 0.2) is 0 Å². The third-order valence-corrected chi connectivity index (χ3v) is 8.34. The summed E-state index contributed by atoms with van der Waals surface area (Å²) in [6, 6.07) is 42.2. The normalized spacial score (nSPS) is 11.6. The molecule has 0 aliphatic heterocycles. The SMILES string of the molecule is C[Si](C)(C)c1ccc(-c2ccc(-c3ccc(-c4ccc5ccccc5c4)cc3)cc2)cc1. The highest BCUT2D eigenvalue weighted by molar-refractivity contribution is 6.88. The molecule has 0 atom stereocenters. The molecule has 0 amide bonds. The van der Waals surface area contributed by atoms with Gasteiger partial charge in [0.25, 0.3) is 0 Å². The molecule has 0 saturated carbocycles. The number of rotatable bonds is 4. The summed E-state index contributed by atoms with van der Waals surface area (Å²) in [5.74, 6) is 0. The van der Waals surface area contributed by atoms with Crippen LogP contribution in [-0.4, -0.2) is 8.07 Å². The highest BCUT2D eigenvalue weighted by Gasteiger charge is 2.15. The zero-order valence-electron chi connectivity index (χ0n) is 19.0. The van der Waals surface area contributed by atoms with Crippen LogP contribution >= 0.6 is 0 Å². The van der Waals surface area contributed by atoms with Gasteiger partial charge >= 0.3 is 0 Å². The lowest BCUT2D eigenvalue weighted by molar-refractivity contribution is 1.58. The lowest BCUT2D eigenvalue weighted by Gasteiger charge is -2.16. The molecular weight excluding hydrogens is 400 g/mol. The summed E-state index contributed by atoms with van der Waals surface area (Å²) in [5, 5.41) is 4.06. The molecule has 0 heterocycles. The average Bonchev–Trinajstić information content (AvgIpc) is 2.83. The summed E-state index contributed by atoms with van der Waals surface area (Å²) in [7, 11) is -1.25. The monoisotopic (exact) mass is 428 g/mol. The Kier molecular flexibility index (Phi) is 5.28. The molecule has 0 spiro atoms. The van der Waals surface area contributed by atoms with Crippen molar-refractivity contribution in [1.29, 1.82) is 0 Å². The van der Waals surface area contributed by atoms with Crippen LogP contribution in [0, 0.1) is 0 Å². The van der Waals surface area contributed by atoms with Crippen LogP contribution in [0.1, 0.15) is 0 Å². The molecule has 0 aliphatic carbocycles. The van der Waals surface area contributed by atoms with Crippen LogP contribution in [0.15, 0.2) is 115 Å². The number of benzene rings is 5. The molecule has 0 aliphatic rings. The Hall–Kier alpha value is -3.42. The van der Waals surface area contributed by atoms with Gasteiger partial charge in [0.1, 0.15) is 0 Å². The molecule has 0 nitrogen and oxygen atoms in total. The molecule has 5 aromatic rings. The molecular formula is C31H28Si. The first-order valence-corrected chi connectivity index (χ1v) is 14.8. The van der Waals surface area contributed by atoms with E-state index in [-0.39, 0.29) is 0 Å². The van der Waals surface area contributed by atoms with Crippen LogP contribution in [0.5, 0.6) is 0 Å². The summed E-state index contributed by atoms with van der Waals surface area (Å²) >= 11 is 0. The average molecular weight is 429 g/mol. The fourth-order valence-corrected chi connectivity index (χ4v) is 5.41. The van der Waals surface area contributed by atoms with Crippen LogP contribution in [-0.2, 0) is 0 Å². The van der Waals surface area contributed by atoms with Gasteiger partial charge in [0.2, 0.25) is 0 Å². The second-order valence-corrected chi connectivity index (χ2v) is 14.6. The zero-order chi connectivity index (χ0) is 22.1. The van der Waals surface area contributed by atoms with E-state index in [1.807, 2.05) is 0 Å². The maximum atomic E-state index is 2.39. The fourth-order valence-electron chi connectivity index (χ4n) is 4.24. The maximum Gasteiger partial charge on any atom is 0.0775 e. The summed E-state index contributed by atoms with van der Waals surface area (Å²) in [4.78, 5) is 0. The van der Waals surface area contributed by atoms with Crippen molar-refractivity contribution >= 4 is 24.0 Å². The minimum absolute atomic E-state index is 1.25. The topological polar surface area (TPSA) is 0 Å². The molecule has 5 rings (SSSR count). The van der Waals surface area contributed by atoms with Gasteiger partial charge in [-0.05, 0) is 50.2 Å². The molecule has 156 valence electrons. The summed E-state index contributed by atoms with van der Waals surface area (Å²) in [6.07, 6.45) is 0. The summed E-state index contributed by atoms with van der Waals surface area (Å²) < 4.78 is 0. The summed E-state index contributed by atoms with van der Waals surface area (Å²) in [5.41, 5.74) is 7.55. The Morgan fingerprint density at radius 1 is 0.375 bits per heavy atom. The third-order valence-electron chi connectivity index (χ3n) is 6.27. The van der Waals surface area contributed by atoms with Gasteiger partial charge in [-0.1, -0.05) is 134 Å². The molecule has 0 N–H and O–H groups in total. The second-order valence-electron chi connectivity index (χ2n) is 9.54. The van der Waals surface area contributed by atoms with E-state index in [4.69, 9.17) is 0 Å². The van der Waals surface area contributed by atoms with E-state index < -0.39 is 8.07 Å². The Morgan fingerprint density at radius 3 is 1.22 bits per heavy atom. The van der Waals surface area contributed by atoms with Crippen molar-refractivity contribution in [3.05, 3.63) is 115 Å². The van der Waals surface area contributed by atoms with E-state index in [0.717, 1.165) is 0 Å². The Labute approximate surface area is 192 Å². The highest BCUT2D eigenvalue weighted by atomic mass is 28.3. The van der Waals surface area contributed by atoms with Gasteiger partial charge in [0, 0.05) is 0 Å². The van der Waals surface area contributed by atoms with Crippen molar-refractivity contribution in [2.75, 3.05) is 0 Å². The first-order chi connectivity index (χ1) is 15.5. The maximum absolute atomic E-state index is 2.39. The predicted molar refractivity (Wildman–Crippen MR) is 143 cm³/mol. The van der Waals surface area contributed by atoms with Crippen LogP contribution in [0.25, 0.3) is 44.2 Å². The number of hydrogen-bond donors (Lipinski definition) is 0. The van der Waals surface area contributed by atoms with E-state index in [1.165, 1.54) is 49.3 Å².